The Morgan fingerprint density at radius 2 is 1.38 bits per heavy atom. The Morgan fingerprint density at radius 1 is 0.828 bits per heavy atom. The number of rotatable bonds is 4. The number of carbonyl (C=O) groups is 3. The highest BCUT2D eigenvalue weighted by atomic mass is 16.5. The monoisotopic (exact) mass is 386 g/mol. The molecule has 0 aliphatic carbocycles. The van der Waals surface area contributed by atoms with Gasteiger partial charge in [-0.2, -0.15) is 0 Å². The summed E-state index contributed by atoms with van der Waals surface area (Å²) >= 11 is 0. The van der Waals surface area contributed by atoms with Crippen LogP contribution in [0.5, 0.6) is 5.75 Å². The zero-order chi connectivity index (χ0) is 20.5. The number of carbonyl (C=O) groups excluding carboxylic acids is 3. The number of methoxy groups -OCH3 is 1. The third-order valence-electron chi connectivity index (χ3n) is 4.93. The minimum atomic E-state index is -0.361. The topological polar surface area (TPSA) is 66.9 Å². The predicted octanol–water partition coefficient (Wildman–Crippen LogP) is 3.77. The van der Waals surface area contributed by atoms with Gasteiger partial charge in [0.25, 0.3) is 17.7 Å². The summed E-state index contributed by atoms with van der Waals surface area (Å²) in [6.07, 6.45) is 0. The number of fused-ring (bicyclic) bond motifs is 1. The van der Waals surface area contributed by atoms with Crippen LogP contribution < -0.4 is 14.5 Å². The number of anilines is 2. The highest BCUT2D eigenvalue weighted by Crippen LogP contribution is 2.29. The van der Waals surface area contributed by atoms with Gasteiger partial charge in [-0.1, -0.05) is 12.1 Å². The minimum absolute atomic E-state index is 0.205. The Bertz CT molecular complexity index is 1070. The second-order valence-electron chi connectivity index (χ2n) is 6.60. The summed E-state index contributed by atoms with van der Waals surface area (Å²) in [5.74, 6) is -0.218. The number of hydrogen-bond donors (Lipinski definition) is 0. The molecule has 0 saturated heterocycles. The molecule has 4 rings (SSSR count). The van der Waals surface area contributed by atoms with Crippen molar-refractivity contribution in [2.45, 2.75) is 0 Å². The first-order chi connectivity index (χ1) is 14.0. The maximum atomic E-state index is 12.8. The summed E-state index contributed by atoms with van der Waals surface area (Å²) < 4.78 is 5.13. The van der Waals surface area contributed by atoms with E-state index in [0.717, 1.165) is 10.6 Å². The lowest BCUT2D eigenvalue weighted by atomic mass is 10.1. The fourth-order valence-corrected chi connectivity index (χ4v) is 3.29. The van der Waals surface area contributed by atoms with Crippen LogP contribution in [0.25, 0.3) is 0 Å². The summed E-state index contributed by atoms with van der Waals surface area (Å²) in [4.78, 5) is 40.6. The van der Waals surface area contributed by atoms with Gasteiger partial charge in [-0.05, 0) is 60.7 Å². The van der Waals surface area contributed by atoms with Crippen LogP contribution >= 0.6 is 0 Å². The van der Waals surface area contributed by atoms with Crippen molar-refractivity contribution in [3.05, 3.63) is 89.5 Å². The molecule has 3 amide bonds. The molecule has 0 fully saturated rings. The van der Waals surface area contributed by atoms with E-state index in [-0.39, 0.29) is 17.7 Å². The van der Waals surface area contributed by atoms with Crippen molar-refractivity contribution in [2.75, 3.05) is 24.0 Å². The van der Waals surface area contributed by atoms with Crippen LogP contribution in [0.2, 0.25) is 0 Å². The van der Waals surface area contributed by atoms with E-state index in [2.05, 4.69) is 0 Å². The maximum absolute atomic E-state index is 12.8. The molecule has 0 N–H and O–H groups in total. The number of ether oxygens (including phenoxy) is 1. The van der Waals surface area contributed by atoms with Gasteiger partial charge in [0.1, 0.15) is 5.75 Å². The molecule has 0 saturated carbocycles. The fourth-order valence-electron chi connectivity index (χ4n) is 3.29. The van der Waals surface area contributed by atoms with Crippen molar-refractivity contribution in [3.8, 4) is 5.75 Å². The van der Waals surface area contributed by atoms with Gasteiger partial charge >= 0.3 is 0 Å². The first kappa shape index (κ1) is 18.4. The number of amides is 3. The molecule has 0 bridgehead atoms. The van der Waals surface area contributed by atoms with Crippen molar-refractivity contribution in [1.29, 1.82) is 0 Å². The van der Waals surface area contributed by atoms with Crippen molar-refractivity contribution in [3.63, 3.8) is 0 Å². The number of benzene rings is 3. The average molecular weight is 386 g/mol. The zero-order valence-electron chi connectivity index (χ0n) is 16.0. The molecule has 0 atom stereocenters. The van der Waals surface area contributed by atoms with Crippen LogP contribution in [0.3, 0.4) is 0 Å². The van der Waals surface area contributed by atoms with Crippen molar-refractivity contribution in [1.82, 2.24) is 0 Å². The van der Waals surface area contributed by atoms with Crippen LogP contribution in [0.4, 0.5) is 11.4 Å². The third-order valence-corrected chi connectivity index (χ3v) is 4.93. The molecule has 6 heteroatoms. The Balaban J connectivity index is 1.56. The van der Waals surface area contributed by atoms with Gasteiger partial charge in [-0.3, -0.25) is 14.4 Å². The first-order valence-corrected chi connectivity index (χ1v) is 9.01. The summed E-state index contributed by atoms with van der Waals surface area (Å²) in [5.41, 5.74) is 2.37. The van der Waals surface area contributed by atoms with Gasteiger partial charge in [0.05, 0.1) is 23.9 Å². The molecule has 0 unspecified atom stereocenters. The molecular formula is C23H18N2O4. The highest BCUT2D eigenvalue weighted by molar-refractivity contribution is 6.34. The lowest BCUT2D eigenvalue weighted by molar-refractivity contribution is 0.0925. The maximum Gasteiger partial charge on any atom is 0.266 e. The summed E-state index contributed by atoms with van der Waals surface area (Å²) in [6.45, 7) is 0. The second kappa shape index (κ2) is 7.24. The van der Waals surface area contributed by atoms with Crippen LogP contribution in [0, 0.1) is 0 Å². The SMILES string of the molecule is COc1ccc(N(C)C(=O)c2ccc(N3C(=O)c4ccccc4C3=O)cc2)cc1. The molecule has 0 radical (unpaired) electrons. The largest absolute Gasteiger partial charge is 0.497 e. The van der Waals surface area contributed by atoms with Crippen molar-refractivity contribution >= 4 is 29.1 Å². The minimum Gasteiger partial charge on any atom is -0.497 e. The van der Waals surface area contributed by atoms with E-state index in [9.17, 15) is 14.4 Å². The lowest BCUT2D eigenvalue weighted by Crippen LogP contribution is -2.29. The van der Waals surface area contributed by atoms with E-state index in [1.54, 1.807) is 87.0 Å². The van der Waals surface area contributed by atoms with Gasteiger partial charge in [-0.25, -0.2) is 4.90 Å². The molecule has 29 heavy (non-hydrogen) atoms. The molecule has 3 aromatic carbocycles. The van der Waals surface area contributed by atoms with Gasteiger partial charge in [-0.15, -0.1) is 0 Å². The summed E-state index contributed by atoms with van der Waals surface area (Å²) in [5, 5.41) is 0. The van der Waals surface area contributed by atoms with E-state index >= 15 is 0 Å². The molecule has 144 valence electrons. The van der Waals surface area contributed by atoms with Crippen molar-refractivity contribution in [2.24, 2.45) is 0 Å². The summed E-state index contributed by atoms with van der Waals surface area (Å²) in [6, 6.07) is 20.3. The van der Waals surface area contributed by atoms with E-state index < -0.39 is 0 Å². The van der Waals surface area contributed by atoms with Gasteiger partial charge in [0.2, 0.25) is 0 Å². The van der Waals surface area contributed by atoms with Gasteiger partial charge in [0.15, 0.2) is 0 Å². The molecule has 1 aliphatic heterocycles. The predicted molar refractivity (Wildman–Crippen MR) is 110 cm³/mol. The van der Waals surface area contributed by atoms with E-state index in [0.29, 0.717) is 28.1 Å². The van der Waals surface area contributed by atoms with Crippen LogP contribution in [-0.2, 0) is 0 Å². The molecule has 0 aromatic heterocycles. The molecule has 3 aromatic rings. The zero-order valence-corrected chi connectivity index (χ0v) is 16.0. The Kier molecular flexibility index (Phi) is 4.60. The Morgan fingerprint density at radius 3 is 1.90 bits per heavy atom. The van der Waals surface area contributed by atoms with Crippen LogP contribution in [-0.4, -0.2) is 31.9 Å². The van der Waals surface area contributed by atoms with Crippen molar-refractivity contribution < 1.29 is 19.1 Å². The average Bonchev–Trinajstić information content (AvgIpc) is 3.03. The quantitative estimate of drug-likeness (QED) is 0.640. The first-order valence-electron chi connectivity index (χ1n) is 9.01. The molecular weight excluding hydrogens is 368 g/mol. The van der Waals surface area contributed by atoms with Crippen LogP contribution in [0.1, 0.15) is 31.1 Å². The van der Waals surface area contributed by atoms with Gasteiger partial charge in [0, 0.05) is 18.3 Å². The fraction of sp³-hybridized carbons (Fsp3) is 0.0870. The summed E-state index contributed by atoms with van der Waals surface area (Å²) in [7, 11) is 3.27. The molecule has 1 heterocycles. The second-order valence-corrected chi connectivity index (χ2v) is 6.60. The van der Waals surface area contributed by atoms with E-state index in [4.69, 9.17) is 4.74 Å². The Labute approximate surface area is 167 Å². The van der Waals surface area contributed by atoms with Gasteiger partial charge < -0.3 is 9.64 Å². The molecule has 6 nitrogen and oxygen atoms in total. The molecule has 1 aliphatic rings. The number of nitrogens with zero attached hydrogens (tertiary/aromatic N) is 2. The van der Waals surface area contributed by atoms with E-state index in [1.165, 1.54) is 4.90 Å². The third kappa shape index (κ3) is 3.14. The highest BCUT2D eigenvalue weighted by Gasteiger charge is 2.36. The lowest BCUT2D eigenvalue weighted by Gasteiger charge is -2.19. The number of hydrogen-bond acceptors (Lipinski definition) is 4. The van der Waals surface area contributed by atoms with Crippen LogP contribution in [0.15, 0.2) is 72.8 Å². The molecule has 0 spiro atoms. The normalized spacial score (nSPS) is 12.7. The smallest absolute Gasteiger partial charge is 0.266 e. The number of imide groups is 1. The standard InChI is InChI=1S/C23H18N2O4/c1-24(16-11-13-18(29-2)14-12-16)21(26)15-7-9-17(10-8-15)25-22(27)19-5-3-4-6-20(19)23(25)28/h3-14H,1-2H3. The van der Waals surface area contributed by atoms with E-state index in [1.807, 2.05) is 0 Å². The Hall–Kier alpha value is -3.93.